The first-order valence-electron chi connectivity index (χ1n) is 6.23. The normalized spacial score (nSPS) is 25.2. The van der Waals surface area contributed by atoms with E-state index in [-0.39, 0.29) is 0 Å². The first-order valence-corrected chi connectivity index (χ1v) is 6.23. The van der Waals surface area contributed by atoms with Crippen molar-refractivity contribution in [1.82, 2.24) is 9.97 Å². The highest BCUT2D eigenvalue weighted by molar-refractivity contribution is 5.78. The molecule has 0 spiro atoms. The van der Waals surface area contributed by atoms with E-state index in [1.807, 2.05) is 18.2 Å². The van der Waals surface area contributed by atoms with E-state index >= 15 is 0 Å². The van der Waals surface area contributed by atoms with Crippen LogP contribution < -0.4 is 11.5 Å². The van der Waals surface area contributed by atoms with Crippen molar-refractivity contribution < 1.29 is 0 Å². The molecule has 1 aromatic carbocycles. The van der Waals surface area contributed by atoms with E-state index in [0.29, 0.717) is 12.0 Å². The lowest BCUT2D eigenvalue weighted by Gasteiger charge is -2.24. The van der Waals surface area contributed by atoms with Crippen molar-refractivity contribution in [3.05, 3.63) is 24.0 Å². The zero-order chi connectivity index (χ0) is 11.8. The van der Waals surface area contributed by atoms with Crippen molar-refractivity contribution in [3.63, 3.8) is 0 Å². The maximum absolute atomic E-state index is 5.92. The van der Waals surface area contributed by atoms with Crippen LogP contribution in [0.5, 0.6) is 0 Å². The number of hydrogen-bond donors (Lipinski definition) is 3. The van der Waals surface area contributed by atoms with Crippen LogP contribution in [0.25, 0.3) is 11.0 Å². The zero-order valence-corrected chi connectivity index (χ0v) is 9.82. The third-order valence-corrected chi connectivity index (χ3v) is 3.68. The summed E-state index contributed by atoms with van der Waals surface area (Å²) in [6, 6.07) is 6.19. The lowest BCUT2D eigenvalue weighted by Crippen LogP contribution is -2.26. The molecule has 0 saturated heterocycles. The quantitative estimate of drug-likeness (QED) is 0.656. The number of H-pyrrole nitrogens is 1. The van der Waals surface area contributed by atoms with Gasteiger partial charge in [0.25, 0.3) is 0 Å². The zero-order valence-electron chi connectivity index (χ0n) is 9.82. The third-order valence-electron chi connectivity index (χ3n) is 3.68. The number of benzene rings is 1. The molecule has 0 bridgehead atoms. The van der Waals surface area contributed by atoms with Gasteiger partial charge in [0, 0.05) is 17.6 Å². The number of rotatable bonds is 1. The summed E-state index contributed by atoms with van der Waals surface area (Å²) in [4.78, 5) is 8.04. The van der Waals surface area contributed by atoms with Gasteiger partial charge >= 0.3 is 0 Å². The second kappa shape index (κ2) is 4.04. The number of nitrogen functional groups attached to an aromatic ring is 1. The maximum atomic E-state index is 5.92. The van der Waals surface area contributed by atoms with Crippen LogP contribution in [-0.2, 0) is 0 Å². The van der Waals surface area contributed by atoms with Gasteiger partial charge < -0.3 is 16.5 Å². The lowest BCUT2D eigenvalue weighted by atomic mass is 9.86. The molecule has 1 aromatic heterocycles. The van der Waals surface area contributed by atoms with Crippen LogP contribution in [0.1, 0.15) is 37.4 Å². The van der Waals surface area contributed by atoms with Gasteiger partial charge in [0.1, 0.15) is 5.82 Å². The second-order valence-electron chi connectivity index (χ2n) is 5.01. The molecule has 0 atom stereocenters. The monoisotopic (exact) mass is 230 g/mol. The van der Waals surface area contributed by atoms with E-state index in [1.54, 1.807) is 0 Å². The SMILES string of the molecule is Nc1ccc2nc(C3CCC(N)CC3)[nH]c2c1. The predicted molar refractivity (Wildman–Crippen MR) is 69.7 cm³/mol. The second-order valence-corrected chi connectivity index (χ2v) is 5.01. The van der Waals surface area contributed by atoms with E-state index in [0.717, 1.165) is 48.2 Å². The molecule has 1 aliphatic rings. The average Bonchev–Trinajstić information content (AvgIpc) is 2.72. The van der Waals surface area contributed by atoms with E-state index in [9.17, 15) is 0 Å². The average molecular weight is 230 g/mol. The van der Waals surface area contributed by atoms with Crippen LogP contribution in [-0.4, -0.2) is 16.0 Å². The van der Waals surface area contributed by atoms with Crippen molar-refractivity contribution in [3.8, 4) is 0 Å². The third kappa shape index (κ3) is 2.00. The molecule has 1 fully saturated rings. The highest BCUT2D eigenvalue weighted by Gasteiger charge is 2.22. The molecule has 1 heterocycles. The molecule has 0 radical (unpaired) electrons. The van der Waals surface area contributed by atoms with Crippen molar-refractivity contribution in [2.24, 2.45) is 5.73 Å². The van der Waals surface area contributed by atoms with E-state index < -0.39 is 0 Å². The van der Waals surface area contributed by atoms with E-state index in [1.165, 1.54) is 0 Å². The number of imidazole rings is 1. The molecular formula is C13H18N4. The van der Waals surface area contributed by atoms with Crippen LogP contribution in [0.15, 0.2) is 18.2 Å². The molecule has 4 nitrogen and oxygen atoms in total. The number of aromatic nitrogens is 2. The first-order chi connectivity index (χ1) is 8.22. The van der Waals surface area contributed by atoms with E-state index in [4.69, 9.17) is 11.5 Å². The van der Waals surface area contributed by atoms with Gasteiger partial charge in [-0.1, -0.05) is 0 Å². The summed E-state index contributed by atoms with van der Waals surface area (Å²) in [5.41, 5.74) is 14.5. The van der Waals surface area contributed by atoms with Gasteiger partial charge in [0.2, 0.25) is 0 Å². The molecular weight excluding hydrogens is 212 g/mol. The Bertz CT molecular complexity index is 523. The summed E-state index contributed by atoms with van der Waals surface area (Å²) in [6.45, 7) is 0. The summed E-state index contributed by atoms with van der Waals surface area (Å²) in [7, 11) is 0. The Kier molecular flexibility index (Phi) is 2.52. The molecule has 4 heteroatoms. The van der Waals surface area contributed by atoms with Crippen molar-refractivity contribution in [2.75, 3.05) is 5.73 Å². The molecule has 17 heavy (non-hydrogen) atoms. The summed E-state index contributed by atoms with van der Waals surface area (Å²) in [5, 5.41) is 0. The topological polar surface area (TPSA) is 80.7 Å². The summed E-state index contributed by atoms with van der Waals surface area (Å²) < 4.78 is 0. The first kappa shape index (κ1) is 10.6. The highest BCUT2D eigenvalue weighted by Crippen LogP contribution is 2.31. The largest absolute Gasteiger partial charge is 0.399 e. The Balaban J connectivity index is 1.90. The standard InChI is InChI=1S/C13H18N4/c14-9-3-1-8(2-4-9)13-16-11-6-5-10(15)7-12(11)17-13/h5-9H,1-4,14-15H2,(H,16,17). The molecule has 1 saturated carbocycles. The van der Waals surface area contributed by atoms with Gasteiger partial charge in [-0.2, -0.15) is 0 Å². The Labute approximate surface area is 100 Å². The Morgan fingerprint density at radius 1 is 1.18 bits per heavy atom. The molecule has 2 aromatic rings. The van der Waals surface area contributed by atoms with Gasteiger partial charge in [0.15, 0.2) is 0 Å². The fraction of sp³-hybridized carbons (Fsp3) is 0.462. The van der Waals surface area contributed by atoms with Crippen molar-refractivity contribution in [2.45, 2.75) is 37.6 Å². The minimum absolute atomic E-state index is 0.381. The fourth-order valence-corrected chi connectivity index (χ4v) is 2.63. The minimum atomic E-state index is 0.381. The van der Waals surface area contributed by atoms with Crippen LogP contribution in [0.4, 0.5) is 5.69 Å². The van der Waals surface area contributed by atoms with Gasteiger partial charge in [-0.3, -0.25) is 0 Å². The molecule has 0 unspecified atom stereocenters. The predicted octanol–water partition coefficient (Wildman–Crippen LogP) is 2.13. The maximum Gasteiger partial charge on any atom is 0.110 e. The van der Waals surface area contributed by atoms with Crippen LogP contribution >= 0.6 is 0 Å². The molecule has 0 amide bonds. The van der Waals surface area contributed by atoms with Crippen molar-refractivity contribution >= 4 is 16.7 Å². The smallest absolute Gasteiger partial charge is 0.110 e. The Hall–Kier alpha value is -1.55. The molecule has 3 rings (SSSR count). The van der Waals surface area contributed by atoms with E-state index in [2.05, 4.69) is 9.97 Å². The summed E-state index contributed by atoms with van der Waals surface area (Å²) in [5.74, 6) is 1.63. The highest BCUT2D eigenvalue weighted by atomic mass is 14.9. The Morgan fingerprint density at radius 3 is 2.71 bits per heavy atom. The number of fused-ring (bicyclic) bond motifs is 1. The molecule has 90 valence electrons. The molecule has 5 N–H and O–H groups in total. The van der Waals surface area contributed by atoms with Gasteiger partial charge in [-0.15, -0.1) is 0 Å². The summed E-state index contributed by atoms with van der Waals surface area (Å²) in [6.07, 6.45) is 4.47. The van der Waals surface area contributed by atoms with Crippen LogP contribution in [0.3, 0.4) is 0 Å². The fourth-order valence-electron chi connectivity index (χ4n) is 2.63. The van der Waals surface area contributed by atoms with Crippen molar-refractivity contribution in [1.29, 1.82) is 0 Å². The Morgan fingerprint density at radius 2 is 1.94 bits per heavy atom. The number of hydrogen-bond acceptors (Lipinski definition) is 3. The lowest BCUT2D eigenvalue weighted by molar-refractivity contribution is 0.386. The number of aromatic amines is 1. The minimum Gasteiger partial charge on any atom is -0.399 e. The van der Waals surface area contributed by atoms with Gasteiger partial charge in [-0.05, 0) is 43.9 Å². The molecule has 1 aliphatic carbocycles. The number of nitrogens with one attached hydrogen (secondary N) is 1. The van der Waals surface area contributed by atoms with Crippen LogP contribution in [0.2, 0.25) is 0 Å². The number of nitrogens with zero attached hydrogens (tertiary/aromatic N) is 1. The van der Waals surface area contributed by atoms with Gasteiger partial charge in [0.05, 0.1) is 11.0 Å². The van der Waals surface area contributed by atoms with Gasteiger partial charge in [-0.25, -0.2) is 4.98 Å². The number of nitrogens with two attached hydrogens (primary N) is 2. The molecule has 0 aliphatic heterocycles. The summed E-state index contributed by atoms with van der Waals surface area (Å²) >= 11 is 0. The number of anilines is 1. The van der Waals surface area contributed by atoms with Crippen LogP contribution in [0, 0.1) is 0 Å².